The van der Waals surface area contributed by atoms with Crippen molar-refractivity contribution in [2.75, 3.05) is 6.61 Å². The fraction of sp³-hybridized carbons (Fsp3) is 0.130. The summed E-state index contributed by atoms with van der Waals surface area (Å²) in [5, 5.41) is 8.87. The second kappa shape index (κ2) is 7.81. The highest BCUT2D eigenvalue weighted by atomic mass is 32.1. The lowest BCUT2D eigenvalue weighted by Gasteiger charge is -2.08. The van der Waals surface area contributed by atoms with Crippen molar-refractivity contribution in [2.45, 2.75) is 13.8 Å². The minimum Gasteiger partial charge on any atom is -0.494 e. The SMILES string of the molecule is CCOc1ccc(-c2nn(-c3ccccc3)cc2/C=c2\sc3ncnn3c2=O)c(C)c1. The number of rotatable bonds is 5. The van der Waals surface area contributed by atoms with Gasteiger partial charge in [0.1, 0.15) is 17.8 Å². The predicted molar refractivity (Wildman–Crippen MR) is 121 cm³/mol. The molecule has 5 aromatic rings. The lowest BCUT2D eigenvalue weighted by molar-refractivity contribution is 0.340. The maximum atomic E-state index is 12.7. The summed E-state index contributed by atoms with van der Waals surface area (Å²) < 4.78 is 9.34. The molecule has 0 fully saturated rings. The number of aromatic nitrogens is 5. The van der Waals surface area contributed by atoms with Crippen LogP contribution in [0.4, 0.5) is 0 Å². The van der Waals surface area contributed by atoms with Gasteiger partial charge in [-0.25, -0.2) is 9.67 Å². The van der Waals surface area contributed by atoms with Crippen LogP contribution in [0.1, 0.15) is 18.1 Å². The molecule has 0 atom stereocenters. The van der Waals surface area contributed by atoms with Gasteiger partial charge in [-0.1, -0.05) is 29.5 Å². The highest BCUT2D eigenvalue weighted by molar-refractivity contribution is 7.15. The van der Waals surface area contributed by atoms with E-state index >= 15 is 0 Å². The fourth-order valence-electron chi connectivity index (χ4n) is 3.49. The summed E-state index contributed by atoms with van der Waals surface area (Å²) in [4.78, 5) is 17.4. The molecule has 31 heavy (non-hydrogen) atoms. The van der Waals surface area contributed by atoms with Gasteiger partial charge in [0.2, 0.25) is 4.96 Å². The van der Waals surface area contributed by atoms with E-state index < -0.39 is 0 Å². The summed E-state index contributed by atoms with van der Waals surface area (Å²) in [6.07, 6.45) is 5.19. The normalized spacial score (nSPS) is 12.0. The Bertz CT molecular complexity index is 1480. The van der Waals surface area contributed by atoms with Gasteiger partial charge in [0.25, 0.3) is 5.56 Å². The number of hydrogen-bond acceptors (Lipinski definition) is 6. The molecule has 0 aliphatic carbocycles. The van der Waals surface area contributed by atoms with Crippen LogP contribution in [0.5, 0.6) is 5.75 Å². The van der Waals surface area contributed by atoms with Crippen LogP contribution >= 0.6 is 11.3 Å². The maximum absolute atomic E-state index is 12.7. The molecular weight excluding hydrogens is 410 g/mol. The van der Waals surface area contributed by atoms with Crippen LogP contribution < -0.4 is 14.8 Å². The van der Waals surface area contributed by atoms with E-state index in [0.29, 0.717) is 16.1 Å². The number of ether oxygens (including phenoxy) is 1. The Morgan fingerprint density at radius 1 is 1.16 bits per heavy atom. The number of para-hydroxylation sites is 1. The summed E-state index contributed by atoms with van der Waals surface area (Å²) in [7, 11) is 0. The maximum Gasteiger partial charge on any atom is 0.291 e. The van der Waals surface area contributed by atoms with E-state index in [1.54, 1.807) is 0 Å². The molecule has 0 aliphatic heterocycles. The zero-order chi connectivity index (χ0) is 21.4. The molecule has 0 spiro atoms. The molecular formula is C23H19N5O2S. The fourth-order valence-corrected chi connectivity index (χ4v) is 4.36. The van der Waals surface area contributed by atoms with Gasteiger partial charge in [-0.2, -0.15) is 14.7 Å². The molecule has 8 heteroatoms. The van der Waals surface area contributed by atoms with Crippen molar-refractivity contribution in [2.24, 2.45) is 0 Å². The summed E-state index contributed by atoms with van der Waals surface area (Å²) in [5.41, 5.74) is 4.43. The molecule has 0 aliphatic rings. The van der Waals surface area contributed by atoms with Crippen LogP contribution in [0.2, 0.25) is 0 Å². The molecule has 0 radical (unpaired) electrons. The summed E-state index contributed by atoms with van der Waals surface area (Å²) in [5.74, 6) is 0.823. The van der Waals surface area contributed by atoms with Gasteiger partial charge >= 0.3 is 0 Å². The Morgan fingerprint density at radius 3 is 2.74 bits per heavy atom. The molecule has 0 N–H and O–H groups in total. The molecule has 5 rings (SSSR count). The third-order valence-electron chi connectivity index (χ3n) is 4.93. The first-order chi connectivity index (χ1) is 15.1. The largest absolute Gasteiger partial charge is 0.494 e. The number of aryl methyl sites for hydroxylation is 1. The Kier molecular flexibility index (Phi) is 4.83. The Hall–Kier alpha value is -3.78. The van der Waals surface area contributed by atoms with Gasteiger partial charge in [0, 0.05) is 17.3 Å². The van der Waals surface area contributed by atoms with Crippen molar-refractivity contribution < 1.29 is 4.74 Å². The number of thiazole rings is 1. The molecule has 0 saturated heterocycles. The molecule has 0 amide bonds. The van der Waals surface area contributed by atoms with Crippen molar-refractivity contribution in [1.82, 2.24) is 24.4 Å². The first-order valence-corrected chi connectivity index (χ1v) is 10.7. The predicted octanol–water partition coefficient (Wildman–Crippen LogP) is 3.26. The second-order valence-electron chi connectivity index (χ2n) is 6.99. The molecule has 0 bridgehead atoms. The van der Waals surface area contributed by atoms with Crippen LogP contribution in [0.25, 0.3) is 28.0 Å². The molecule has 2 aromatic carbocycles. The van der Waals surface area contributed by atoms with E-state index in [1.807, 2.05) is 79.3 Å². The minimum absolute atomic E-state index is 0.181. The quantitative estimate of drug-likeness (QED) is 0.429. The Morgan fingerprint density at radius 2 is 2.00 bits per heavy atom. The van der Waals surface area contributed by atoms with Gasteiger partial charge in [-0.15, -0.1) is 0 Å². The molecule has 3 heterocycles. The zero-order valence-electron chi connectivity index (χ0n) is 17.0. The third kappa shape index (κ3) is 3.51. The van der Waals surface area contributed by atoms with E-state index in [9.17, 15) is 4.79 Å². The molecule has 0 unspecified atom stereocenters. The highest BCUT2D eigenvalue weighted by Crippen LogP contribution is 2.30. The van der Waals surface area contributed by atoms with Crippen molar-refractivity contribution in [3.05, 3.63) is 87.1 Å². The second-order valence-corrected chi connectivity index (χ2v) is 8.00. The van der Waals surface area contributed by atoms with Gasteiger partial charge < -0.3 is 4.74 Å². The van der Waals surface area contributed by atoms with Gasteiger partial charge in [0.15, 0.2) is 0 Å². The van der Waals surface area contributed by atoms with Crippen molar-refractivity contribution in [3.63, 3.8) is 0 Å². The van der Waals surface area contributed by atoms with Crippen LogP contribution in [-0.4, -0.2) is 31.0 Å². The first kappa shape index (κ1) is 19.2. The number of benzene rings is 2. The van der Waals surface area contributed by atoms with Crippen LogP contribution in [0, 0.1) is 6.92 Å². The lowest BCUT2D eigenvalue weighted by atomic mass is 10.0. The number of hydrogen-bond donors (Lipinski definition) is 0. The average Bonchev–Trinajstić information content (AvgIpc) is 3.47. The lowest BCUT2D eigenvalue weighted by Crippen LogP contribution is -2.23. The smallest absolute Gasteiger partial charge is 0.291 e. The Labute approximate surface area is 181 Å². The van der Waals surface area contributed by atoms with Crippen LogP contribution in [0.3, 0.4) is 0 Å². The van der Waals surface area contributed by atoms with Crippen molar-refractivity contribution in [3.8, 4) is 22.7 Å². The standard InChI is InChI=1S/C23H19N5O2S/c1-3-30-18-9-10-19(15(2)11-18)21-16(13-27(26-21)17-7-5-4-6-8-17)12-20-22(29)28-23(31-20)24-14-25-28/h4-14H,3H2,1-2H3/b20-12-. The highest BCUT2D eigenvalue weighted by Gasteiger charge is 2.15. The average molecular weight is 430 g/mol. The van der Waals surface area contributed by atoms with Crippen molar-refractivity contribution in [1.29, 1.82) is 0 Å². The van der Waals surface area contributed by atoms with E-state index in [2.05, 4.69) is 10.1 Å². The summed E-state index contributed by atoms with van der Waals surface area (Å²) in [6, 6.07) is 15.9. The van der Waals surface area contributed by atoms with E-state index in [0.717, 1.165) is 33.8 Å². The first-order valence-electron chi connectivity index (χ1n) is 9.87. The van der Waals surface area contributed by atoms with Gasteiger partial charge in [-0.05, 0) is 55.8 Å². The topological polar surface area (TPSA) is 74.3 Å². The van der Waals surface area contributed by atoms with Crippen LogP contribution in [0.15, 0.2) is 65.8 Å². The summed E-state index contributed by atoms with van der Waals surface area (Å²) >= 11 is 1.31. The van der Waals surface area contributed by atoms with Crippen molar-refractivity contribution >= 4 is 22.4 Å². The van der Waals surface area contributed by atoms with E-state index in [1.165, 1.54) is 22.2 Å². The zero-order valence-corrected chi connectivity index (χ0v) is 17.8. The van der Waals surface area contributed by atoms with Gasteiger partial charge in [0.05, 0.1) is 16.8 Å². The third-order valence-corrected chi connectivity index (χ3v) is 5.91. The molecule has 3 aromatic heterocycles. The number of fused-ring (bicyclic) bond motifs is 1. The molecule has 154 valence electrons. The Balaban J connectivity index is 1.71. The summed E-state index contributed by atoms with van der Waals surface area (Å²) in [6.45, 7) is 4.61. The van der Waals surface area contributed by atoms with Crippen LogP contribution in [-0.2, 0) is 0 Å². The monoisotopic (exact) mass is 429 g/mol. The van der Waals surface area contributed by atoms with Gasteiger partial charge in [-0.3, -0.25) is 4.79 Å². The number of nitrogens with zero attached hydrogens (tertiary/aromatic N) is 5. The molecule has 0 saturated carbocycles. The molecule has 7 nitrogen and oxygen atoms in total. The minimum atomic E-state index is -0.181. The van der Waals surface area contributed by atoms with E-state index in [4.69, 9.17) is 9.84 Å². The van der Waals surface area contributed by atoms with E-state index in [-0.39, 0.29) is 5.56 Å².